The monoisotopic (exact) mass is 296 g/mol. The van der Waals surface area contributed by atoms with Gasteiger partial charge in [0.25, 0.3) is 0 Å². The van der Waals surface area contributed by atoms with Gasteiger partial charge in [0.15, 0.2) is 15.6 Å². The molecule has 0 unspecified atom stereocenters. The third kappa shape index (κ3) is 5.08. The van der Waals surface area contributed by atoms with Crippen molar-refractivity contribution in [2.24, 2.45) is 0 Å². The first-order valence-corrected chi connectivity index (χ1v) is 9.02. The van der Waals surface area contributed by atoms with E-state index in [1.807, 2.05) is 0 Å². The molecular formula is C16H24O3S. The van der Waals surface area contributed by atoms with Gasteiger partial charge in [0.05, 0.1) is 10.6 Å². The molecule has 3 nitrogen and oxygen atoms in total. The Morgan fingerprint density at radius 3 is 2.10 bits per heavy atom. The summed E-state index contributed by atoms with van der Waals surface area (Å²) in [5, 5.41) is 0. The van der Waals surface area contributed by atoms with Gasteiger partial charge in [-0.15, -0.1) is 0 Å². The van der Waals surface area contributed by atoms with Crippen LogP contribution in [0.5, 0.6) is 0 Å². The molecule has 0 aromatic heterocycles. The summed E-state index contributed by atoms with van der Waals surface area (Å²) in [6.07, 6.45) is 5.50. The number of hydrogen-bond donors (Lipinski definition) is 0. The van der Waals surface area contributed by atoms with Crippen LogP contribution in [0.4, 0.5) is 0 Å². The van der Waals surface area contributed by atoms with E-state index in [1.165, 1.54) is 0 Å². The van der Waals surface area contributed by atoms with Gasteiger partial charge in [-0.05, 0) is 18.6 Å². The highest BCUT2D eigenvalue weighted by Gasteiger charge is 2.14. The van der Waals surface area contributed by atoms with Crippen molar-refractivity contribution in [3.05, 3.63) is 29.8 Å². The molecule has 0 heterocycles. The Labute approximate surface area is 122 Å². The minimum atomic E-state index is -3.21. The molecule has 0 spiro atoms. The van der Waals surface area contributed by atoms with Crippen molar-refractivity contribution in [2.45, 2.75) is 57.3 Å². The Morgan fingerprint density at radius 1 is 0.950 bits per heavy atom. The summed E-state index contributed by atoms with van der Waals surface area (Å²) >= 11 is 0. The number of Topliss-reactive ketones (excluding diaryl/α,β-unsaturated/α-hetero) is 1. The molecule has 4 heteroatoms. The molecule has 0 saturated heterocycles. The van der Waals surface area contributed by atoms with Crippen LogP contribution in [0.25, 0.3) is 0 Å². The molecule has 0 bridgehead atoms. The summed E-state index contributed by atoms with van der Waals surface area (Å²) in [6, 6.07) is 6.31. The fourth-order valence-electron chi connectivity index (χ4n) is 2.07. The van der Waals surface area contributed by atoms with Crippen LogP contribution in [0.3, 0.4) is 0 Å². The van der Waals surface area contributed by atoms with Crippen molar-refractivity contribution in [1.29, 1.82) is 0 Å². The quantitative estimate of drug-likeness (QED) is 0.511. The third-order valence-corrected chi connectivity index (χ3v) is 5.19. The third-order valence-electron chi connectivity index (χ3n) is 3.37. The summed E-state index contributed by atoms with van der Waals surface area (Å²) in [7, 11) is -3.21. The van der Waals surface area contributed by atoms with Gasteiger partial charge < -0.3 is 0 Å². The summed E-state index contributed by atoms with van der Waals surface area (Å²) in [6.45, 7) is 3.93. The SMILES string of the molecule is CCCCCCCS(=O)(=O)c1ccc(C(=O)CC)cc1. The molecule has 0 saturated carbocycles. The summed E-state index contributed by atoms with van der Waals surface area (Å²) in [5.41, 5.74) is 0.578. The van der Waals surface area contributed by atoms with E-state index in [9.17, 15) is 13.2 Å². The van der Waals surface area contributed by atoms with E-state index in [4.69, 9.17) is 0 Å². The van der Waals surface area contributed by atoms with Crippen LogP contribution in [0.2, 0.25) is 0 Å². The molecule has 0 aliphatic heterocycles. The van der Waals surface area contributed by atoms with Crippen molar-refractivity contribution >= 4 is 15.6 Å². The lowest BCUT2D eigenvalue weighted by Gasteiger charge is -2.05. The highest BCUT2D eigenvalue weighted by molar-refractivity contribution is 7.91. The maximum Gasteiger partial charge on any atom is 0.178 e. The number of sulfone groups is 1. The molecule has 0 amide bonds. The molecule has 0 N–H and O–H groups in total. The van der Waals surface area contributed by atoms with Crippen LogP contribution in [-0.2, 0) is 9.84 Å². The zero-order valence-electron chi connectivity index (χ0n) is 12.4. The van der Waals surface area contributed by atoms with Crippen LogP contribution >= 0.6 is 0 Å². The fourth-order valence-corrected chi connectivity index (χ4v) is 3.44. The van der Waals surface area contributed by atoms with Crippen LogP contribution in [0.15, 0.2) is 29.2 Å². The number of benzene rings is 1. The highest BCUT2D eigenvalue weighted by Crippen LogP contribution is 2.15. The van der Waals surface area contributed by atoms with E-state index in [-0.39, 0.29) is 11.5 Å². The highest BCUT2D eigenvalue weighted by atomic mass is 32.2. The number of carbonyl (C=O) groups is 1. The Bertz CT molecular complexity index is 515. The molecule has 20 heavy (non-hydrogen) atoms. The normalized spacial score (nSPS) is 11.5. The molecule has 0 radical (unpaired) electrons. The van der Waals surface area contributed by atoms with E-state index in [1.54, 1.807) is 31.2 Å². The number of rotatable bonds is 9. The second-order valence-electron chi connectivity index (χ2n) is 5.03. The first-order valence-electron chi connectivity index (χ1n) is 7.37. The van der Waals surface area contributed by atoms with Gasteiger partial charge >= 0.3 is 0 Å². The predicted molar refractivity (Wildman–Crippen MR) is 81.9 cm³/mol. The average Bonchev–Trinajstić information content (AvgIpc) is 2.46. The molecule has 0 aliphatic carbocycles. The zero-order valence-corrected chi connectivity index (χ0v) is 13.2. The maximum atomic E-state index is 12.1. The van der Waals surface area contributed by atoms with Crippen molar-refractivity contribution in [1.82, 2.24) is 0 Å². The largest absolute Gasteiger partial charge is 0.294 e. The van der Waals surface area contributed by atoms with Crippen LogP contribution < -0.4 is 0 Å². The Kier molecular flexibility index (Phi) is 6.93. The van der Waals surface area contributed by atoms with E-state index in [2.05, 4.69) is 6.92 Å². The lowest BCUT2D eigenvalue weighted by molar-refractivity contribution is 0.0988. The minimum absolute atomic E-state index is 0.0357. The van der Waals surface area contributed by atoms with Gasteiger partial charge in [-0.1, -0.05) is 51.7 Å². The molecular weight excluding hydrogens is 272 g/mol. The Balaban J connectivity index is 2.61. The lowest BCUT2D eigenvalue weighted by Crippen LogP contribution is -2.07. The fraction of sp³-hybridized carbons (Fsp3) is 0.562. The summed E-state index contributed by atoms with van der Waals surface area (Å²) in [5.74, 6) is 0.228. The van der Waals surface area contributed by atoms with Crippen molar-refractivity contribution in [3.63, 3.8) is 0 Å². The van der Waals surface area contributed by atoms with Gasteiger partial charge in [0.2, 0.25) is 0 Å². The van der Waals surface area contributed by atoms with E-state index in [0.29, 0.717) is 23.3 Å². The second kappa shape index (κ2) is 8.20. The van der Waals surface area contributed by atoms with Gasteiger partial charge in [0.1, 0.15) is 0 Å². The summed E-state index contributed by atoms with van der Waals surface area (Å²) in [4.78, 5) is 11.8. The van der Waals surface area contributed by atoms with E-state index < -0.39 is 9.84 Å². The minimum Gasteiger partial charge on any atom is -0.294 e. The molecule has 0 atom stereocenters. The second-order valence-corrected chi connectivity index (χ2v) is 7.14. The van der Waals surface area contributed by atoms with Crippen molar-refractivity contribution in [2.75, 3.05) is 5.75 Å². The van der Waals surface area contributed by atoms with Crippen LogP contribution in [0.1, 0.15) is 62.7 Å². The number of hydrogen-bond acceptors (Lipinski definition) is 3. The van der Waals surface area contributed by atoms with Gasteiger partial charge in [-0.25, -0.2) is 8.42 Å². The lowest BCUT2D eigenvalue weighted by atomic mass is 10.1. The molecule has 0 aliphatic rings. The molecule has 1 aromatic carbocycles. The van der Waals surface area contributed by atoms with Crippen LogP contribution in [0, 0.1) is 0 Å². The maximum absolute atomic E-state index is 12.1. The van der Waals surface area contributed by atoms with Crippen molar-refractivity contribution < 1.29 is 13.2 Å². The smallest absolute Gasteiger partial charge is 0.178 e. The van der Waals surface area contributed by atoms with E-state index in [0.717, 1.165) is 25.7 Å². The molecule has 112 valence electrons. The predicted octanol–water partition coefficient (Wildman–Crippen LogP) is 4.02. The molecule has 0 fully saturated rings. The first-order chi connectivity index (χ1) is 9.51. The van der Waals surface area contributed by atoms with E-state index >= 15 is 0 Å². The standard InChI is InChI=1S/C16H24O3S/c1-3-5-6-7-8-13-20(18,19)15-11-9-14(10-12-15)16(17)4-2/h9-12H,3-8,13H2,1-2H3. The number of carbonyl (C=O) groups excluding carboxylic acids is 1. The Hall–Kier alpha value is -1.16. The topological polar surface area (TPSA) is 51.2 Å². The Morgan fingerprint density at radius 2 is 1.55 bits per heavy atom. The van der Waals surface area contributed by atoms with Gasteiger partial charge in [-0.2, -0.15) is 0 Å². The average molecular weight is 296 g/mol. The van der Waals surface area contributed by atoms with Crippen LogP contribution in [-0.4, -0.2) is 20.0 Å². The first kappa shape index (κ1) is 16.9. The molecule has 1 rings (SSSR count). The summed E-state index contributed by atoms with van der Waals surface area (Å²) < 4.78 is 24.3. The number of unbranched alkanes of at least 4 members (excludes halogenated alkanes) is 4. The van der Waals surface area contributed by atoms with Gasteiger partial charge in [-0.3, -0.25) is 4.79 Å². The molecule has 1 aromatic rings. The zero-order chi connectivity index (χ0) is 15.0. The van der Waals surface area contributed by atoms with Crippen molar-refractivity contribution in [3.8, 4) is 0 Å². The van der Waals surface area contributed by atoms with Gasteiger partial charge in [0, 0.05) is 12.0 Å². The number of ketones is 1.